The number of benzene rings is 1. The highest BCUT2D eigenvalue weighted by molar-refractivity contribution is 8.24. The van der Waals surface area contributed by atoms with Crippen molar-refractivity contribution in [3.8, 4) is 18.2 Å². The van der Waals surface area contributed by atoms with Gasteiger partial charge in [0, 0.05) is 5.56 Å². The fourth-order valence-corrected chi connectivity index (χ4v) is 4.49. The highest BCUT2D eigenvalue weighted by Crippen LogP contribution is 2.53. The molecular weight excluding hydrogens is 402 g/mol. The van der Waals surface area contributed by atoms with Gasteiger partial charge in [0.25, 0.3) is 0 Å². The minimum atomic E-state index is -4.86. The molecule has 1 aromatic carbocycles. The number of aromatic nitrogens is 2. The average molecular weight is 405 g/mol. The van der Waals surface area contributed by atoms with E-state index in [4.69, 9.17) is 10.5 Å². The SMILES string of the molecule is N#CC(=C1Sc2nc(C#N)c(C#N)nc2S1)c1c(F)cccc1C(F)(F)F. The third kappa shape index (κ3) is 3.33. The van der Waals surface area contributed by atoms with Gasteiger partial charge in [-0.2, -0.15) is 29.0 Å². The monoisotopic (exact) mass is 405 g/mol. The lowest BCUT2D eigenvalue weighted by atomic mass is 10.0. The third-order valence-electron chi connectivity index (χ3n) is 3.31. The molecule has 0 saturated carbocycles. The summed E-state index contributed by atoms with van der Waals surface area (Å²) in [5, 5.41) is 27.7. The Labute approximate surface area is 158 Å². The lowest BCUT2D eigenvalue weighted by Gasteiger charge is -2.13. The van der Waals surface area contributed by atoms with Crippen molar-refractivity contribution >= 4 is 29.1 Å². The highest BCUT2D eigenvalue weighted by Gasteiger charge is 2.37. The number of halogens is 4. The van der Waals surface area contributed by atoms with Gasteiger partial charge >= 0.3 is 6.18 Å². The molecule has 0 saturated heterocycles. The smallest absolute Gasteiger partial charge is 0.224 e. The number of nitrogens with zero attached hydrogens (tertiary/aromatic N) is 5. The number of nitriles is 3. The zero-order valence-electron chi connectivity index (χ0n) is 12.8. The lowest BCUT2D eigenvalue weighted by Crippen LogP contribution is -2.10. The van der Waals surface area contributed by atoms with Crippen molar-refractivity contribution in [1.82, 2.24) is 9.97 Å². The van der Waals surface area contributed by atoms with Crippen molar-refractivity contribution in [2.75, 3.05) is 0 Å². The number of hydrogen-bond acceptors (Lipinski definition) is 7. The second-order valence-corrected chi connectivity index (χ2v) is 7.15. The van der Waals surface area contributed by atoms with Gasteiger partial charge < -0.3 is 0 Å². The number of alkyl halides is 3. The Balaban J connectivity index is 2.19. The van der Waals surface area contributed by atoms with Crippen LogP contribution in [0.1, 0.15) is 22.5 Å². The van der Waals surface area contributed by atoms with E-state index in [1.807, 2.05) is 0 Å². The maximum atomic E-state index is 14.2. The van der Waals surface area contributed by atoms with Crippen molar-refractivity contribution in [3.63, 3.8) is 0 Å². The van der Waals surface area contributed by atoms with E-state index in [0.717, 1.165) is 35.7 Å². The Bertz CT molecular complexity index is 1070. The first-order valence-corrected chi connectivity index (χ1v) is 8.51. The predicted molar refractivity (Wildman–Crippen MR) is 87.1 cm³/mol. The van der Waals surface area contributed by atoms with Crippen LogP contribution < -0.4 is 0 Å². The van der Waals surface area contributed by atoms with Crippen LogP contribution in [0.2, 0.25) is 0 Å². The van der Waals surface area contributed by atoms with Crippen LogP contribution in [-0.4, -0.2) is 9.97 Å². The molecule has 1 aromatic heterocycles. The Morgan fingerprint density at radius 1 is 0.963 bits per heavy atom. The minimum Gasteiger partial charge on any atom is -0.224 e. The molecule has 3 rings (SSSR count). The predicted octanol–water partition coefficient (Wildman–Crippen LogP) is 4.47. The summed E-state index contributed by atoms with van der Waals surface area (Å²) in [5.41, 5.74) is -3.15. The molecule has 0 unspecified atom stereocenters. The first kappa shape index (κ1) is 18.7. The summed E-state index contributed by atoms with van der Waals surface area (Å²) < 4.78 is 54.0. The minimum absolute atomic E-state index is 0.0297. The van der Waals surface area contributed by atoms with Crippen molar-refractivity contribution < 1.29 is 17.6 Å². The van der Waals surface area contributed by atoms with E-state index in [1.165, 1.54) is 0 Å². The van der Waals surface area contributed by atoms with Crippen LogP contribution >= 0.6 is 23.5 Å². The van der Waals surface area contributed by atoms with Gasteiger partial charge in [-0.25, -0.2) is 14.4 Å². The number of fused-ring (bicyclic) bond motifs is 1. The molecule has 2 aromatic rings. The van der Waals surface area contributed by atoms with Crippen LogP contribution in [0.15, 0.2) is 32.5 Å². The van der Waals surface area contributed by atoms with Crippen LogP contribution in [0.25, 0.3) is 5.57 Å². The molecule has 5 nitrogen and oxygen atoms in total. The molecule has 0 aliphatic carbocycles. The molecule has 0 atom stereocenters. The molecule has 0 spiro atoms. The molecule has 0 amide bonds. The lowest BCUT2D eigenvalue weighted by molar-refractivity contribution is -0.137. The average Bonchev–Trinajstić information content (AvgIpc) is 3.03. The fourth-order valence-electron chi connectivity index (χ4n) is 2.21. The molecule has 0 N–H and O–H groups in total. The molecule has 0 bridgehead atoms. The highest BCUT2D eigenvalue weighted by atomic mass is 32.2. The summed E-state index contributed by atoms with van der Waals surface area (Å²) in [7, 11) is 0. The van der Waals surface area contributed by atoms with E-state index in [2.05, 4.69) is 9.97 Å². The maximum absolute atomic E-state index is 14.2. The van der Waals surface area contributed by atoms with Gasteiger partial charge in [0.05, 0.1) is 15.4 Å². The van der Waals surface area contributed by atoms with Crippen LogP contribution in [0.4, 0.5) is 17.6 Å². The zero-order valence-corrected chi connectivity index (χ0v) is 14.4. The summed E-state index contributed by atoms with van der Waals surface area (Å²) >= 11 is 1.58. The molecule has 2 heterocycles. The Hall–Kier alpha value is -3.07. The van der Waals surface area contributed by atoms with Gasteiger partial charge in [-0.3, -0.25) is 0 Å². The zero-order chi connectivity index (χ0) is 19.8. The summed E-state index contributed by atoms with van der Waals surface area (Å²) in [4.78, 5) is 7.87. The number of rotatable bonds is 1. The van der Waals surface area contributed by atoms with Crippen molar-refractivity contribution in [2.45, 2.75) is 16.2 Å². The standard InChI is InChI=1S/C16H3F4N5S2/c17-9-3-1-2-8(16(18,19)20)12(9)7(4-21)15-26-13-14(27-15)25-11(6-23)10(5-22)24-13/h1-3H. The van der Waals surface area contributed by atoms with Gasteiger partial charge in [0.2, 0.25) is 0 Å². The second-order valence-electron chi connectivity index (χ2n) is 4.89. The topological polar surface area (TPSA) is 97.1 Å². The third-order valence-corrected chi connectivity index (χ3v) is 5.67. The molecule has 27 heavy (non-hydrogen) atoms. The maximum Gasteiger partial charge on any atom is 0.417 e. The first-order chi connectivity index (χ1) is 12.8. The van der Waals surface area contributed by atoms with Gasteiger partial charge in [-0.1, -0.05) is 29.6 Å². The first-order valence-electron chi connectivity index (χ1n) is 6.88. The molecular formula is C16H3F4N5S2. The van der Waals surface area contributed by atoms with E-state index in [1.54, 1.807) is 18.2 Å². The van der Waals surface area contributed by atoms with E-state index in [9.17, 15) is 22.8 Å². The molecule has 1 aliphatic heterocycles. The number of thioether (sulfide) groups is 2. The Kier molecular flexibility index (Phi) is 4.79. The van der Waals surface area contributed by atoms with E-state index >= 15 is 0 Å². The number of hydrogen-bond donors (Lipinski definition) is 0. The van der Waals surface area contributed by atoms with Crippen LogP contribution in [0.5, 0.6) is 0 Å². The van der Waals surface area contributed by atoms with Gasteiger partial charge in [0.1, 0.15) is 34.1 Å². The van der Waals surface area contributed by atoms with E-state index < -0.39 is 28.7 Å². The summed E-state index contributed by atoms with van der Waals surface area (Å²) in [5.74, 6) is -1.19. The summed E-state index contributed by atoms with van der Waals surface area (Å²) in [6.45, 7) is 0. The van der Waals surface area contributed by atoms with Crippen LogP contribution in [0, 0.1) is 39.8 Å². The summed E-state index contributed by atoms with van der Waals surface area (Å²) in [6.07, 6.45) is -4.86. The van der Waals surface area contributed by atoms with E-state index in [0.29, 0.717) is 6.07 Å². The Morgan fingerprint density at radius 2 is 1.52 bits per heavy atom. The van der Waals surface area contributed by atoms with Crippen molar-refractivity contribution in [3.05, 3.63) is 50.8 Å². The van der Waals surface area contributed by atoms with Crippen molar-refractivity contribution in [2.24, 2.45) is 0 Å². The fraction of sp³-hybridized carbons (Fsp3) is 0.0625. The van der Waals surface area contributed by atoms with Gasteiger partial charge in [-0.05, 0) is 12.1 Å². The quantitative estimate of drug-likeness (QED) is 0.510. The van der Waals surface area contributed by atoms with Gasteiger partial charge in [-0.15, -0.1) is 0 Å². The van der Waals surface area contributed by atoms with Crippen molar-refractivity contribution in [1.29, 1.82) is 15.8 Å². The largest absolute Gasteiger partial charge is 0.417 e. The molecule has 1 aliphatic rings. The number of allylic oxidation sites excluding steroid dienone is 1. The normalized spacial score (nSPS) is 12.7. The van der Waals surface area contributed by atoms with Gasteiger partial charge in [0.15, 0.2) is 11.4 Å². The second kappa shape index (κ2) is 6.92. The molecule has 0 radical (unpaired) electrons. The van der Waals surface area contributed by atoms with E-state index in [-0.39, 0.29) is 25.7 Å². The van der Waals surface area contributed by atoms with Crippen LogP contribution in [-0.2, 0) is 6.18 Å². The molecule has 132 valence electrons. The summed E-state index contributed by atoms with van der Waals surface area (Å²) in [6, 6.07) is 7.44. The Morgan fingerprint density at radius 3 is 1.96 bits per heavy atom. The molecule has 11 heteroatoms. The molecule has 0 fully saturated rings. The van der Waals surface area contributed by atoms with Crippen LogP contribution in [0.3, 0.4) is 0 Å².